The molecule has 1 aromatic carbocycles. The fourth-order valence-corrected chi connectivity index (χ4v) is 4.98. The highest BCUT2D eigenvalue weighted by molar-refractivity contribution is 7.89. The molecule has 2 aliphatic rings. The molecule has 3 rings (SSSR count). The Morgan fingerprint density at radius 3 is 2.46 bits per heavy atom. The molecule has 0 unspecified atom stereocenters. The maximum Gasteiger partial charge on any atom is 0.243 e. The van der Waals surface area contributed by atoms with Crippen molar-refractivity contribution in [3.63, 3.8) is 0 Å². The Bertz CT molecular complexity index is 750. The van der Waals surface area contributed by atoms with Gasteiger partial charge in [0.2, 0.25) is 21.8 Å². The van der Waals surface area contributed by atoms with Crippen molar-refractivity contribution < 1.29 is 18.0 Å². The minimum Gasteiger partial charge on any atom is -0.355 e. The van der Waals surface area contributed by atoms with E-state index < -0.39 is 15.4 Å². The Kier molecular flexibility index (Phi) is 4.35. The summed E-state index contributed by atoms with van der Waals surface area (Å²) >= 11 is 0. The predicted octanol–water partition coefficient (Wildman–Crippen LogP) is 0.0457. The van der Waals surface area contributed by atoms with E-state index in [4.69, 9.17) is 0 Å². The second kappa shape index (κ2) is 6.18. The number of amides is 2. The first-order valence-corrected chi connectivity index (χ1v) is 9.34. The molecule has 0 aliphatic carbocycles. The van der Waals surface area contributed by atoms with Crippen molar-refractivity contribution in [3.05, 3.63) is 30.3 Å². The van der Waals surface area contributed by atoms with Crippen LogP contribution in [-0.4, -0.2) is 62.2 Å². The number of carbonyl (C=O) groups excluding carboxylic acids is 2. The molecule has 0 saturated carbocycles. The Morgan fingerprint density at radius 2 is 1.88 bits per heavy atom. The third-order valence-corrected chi connectivity index (χ3v) is 6.54. The Labute approximate surface area is 141 Å². The highest BCUT2D eigenvalue weighted by Crippen LogP contribution is 2.33. The normalized spacial score (nSPS) is 25.5. The van der Waals surface area contributed by atoms with Gasteiger partial charge in [0.1, 0.15) is 0 Å². The van der Waals surface area contributed by atoms with E-state index >= 15 is 0 Å². The lowest BCUT2D eigenvalue weighted by molar-refractivity contribution is -0.130. The van der Waals surface area contributed by atoms with Gasteiger partial charge in [0.25, 0.3) is 0 Å². The summed E-state index contributed by atoms with van der Waals surface area (Å²) in [5.41, 5.74) is -0.568. The lowest BCUT2D eigenvalue weighted by Crippen LogP contribution is -2.44. The number of sulfonamides is 1. The molecule has 0 aromatic heterocycles. The lowest BCUT2D eigenvalue weighted by Gasteiger charge is -2.32. The van der Waals surface area contributed by atoms with Crippen LogP contribution in [0.4, 0.5) is 0 Å². The monoisotopic (exact) mass is 351 g/mol. The SMILES string of the molecule is CC(=O)N1CCN(S(=O)(=O)c2ccccc2)C[C@]2(CNC(=O)C2)C1. The molecular formula is C16H21N3O4S. The molecule has 1 spiro atoms. The van der Waals surface area contributed by atoms with Gasteiger partial charge >= 0.3 is 0 Å². The van der Waals surface area contributed by atoms with Crippen molar-refractivity contribution in [2.45, 2.75) is 18.2 Å². The van der Waals surface area contributed by atoms with E-state index in [-0.39, 0.29) is 36.2 Å². The zero-order chi connectivity index (χ0) is 17.4. The van der Waals surface area contributed by atoms with E-state index in [1.54, 1.807) is 35.2 Å². The highest BCUT2D eigenvalue weighted by Gasteiger charge is 2.45. The Hall–Kier alpha value is -1.93. The highest BCUT2D eigenvalue weighted by atomic mass is 32.2. The van der Waals surface area contributed by atoms with E-state index in [0.717, 1.165) is 0 Å². The molecule has 24 heavy (non-hydrogen) atoms. The number of benzene rings is 1. The summed E-state index contributed by atoms with van der Waals surface area (Å²) in [6.07, 6.45) is 0.234. The Morgan fingerprint density at radius 1 is 1.17 bits per heavy atom. The summed E-state index contributed by atoms with van der Waals surface area (Å²) in [6.45, 7) is 3.04. The first kappa shape index (κ1) is 16.9. The molecule has 8 heteroatoms. The minimum atomic E-state index is -3.66. The van der Waals surface area contributed by atoms with Crippen LogP contribution >= 0.6 is 0 Å². The van der Waals surface area contributed by atoms with Crippen LogP contribution in [-0.2, 0) is 19.6 Å². The molecule has 1 atom stereocenters. The smallest absolute Gasteiger partial charge is 0.243 e. The predicted molar refractivity (Wildman–Crippen MR) is 87.5 cm³/mol. The van der Waals surface area contributed by atoms with Crippen LogP contribution in [0.1, 0.15) is 13.3 Å². The maximum absolute atomic E-state index is 13.0. The van der Waals surface area contributed by atoms with E-state index in [9.17, 15) is 18.0 Å². The average Bonchev–Trinajstić information content (AvgIpc) is 2.79. The molecule has 2 heterocycles. The topological polar surface area (TPSA) is 86.8 Å². The average molecular weight is 351 g/mol. The van der Waals surface area contributed by atoms with Crippen LogP contribution in [0, 0.1) is 5.41 Å². The Balaban J connectivity index is 1.94. The van der Waals surface area contributed by atoms with Crippen LogP contribution in [0.5, 0.6) is 0 Å². The number of rotatable bonds is 2. The van der Waals surface area contributed by atoms with E-state index in [1.807, 2.05) is 0 Å². The molecule has 0 radical (unpaired) electrons. The van der Waals surface area contributed by atoms with Gasteiger partial charge in [0.05, 0.1) is 4.90 Å². The van der Waals surface area contributed by atoms with Gasteiger partial charge in [-0.25, -0.2) is 8.42 Å². The molecule has 0 bridgehead atoms. The van der Waals surface area contributed by atoms with Crippen LogP contribution in [0.3, 0.4) is 0 Å². The second-order valence-electron chi connectivity index (χ2n) is 6.55. The maximum atomic E-state index is 13.0. The molecular weight excluding hydrogens is 330 g/mol. The van der Waals surface area contributed by atoms with E-state index in [2.05, 4.69) is 5.32 Å². The summed E-state index contributed by atoms with van der Waals surface area (Å²) in [7, 11) is -3.66. The molecule has 7 nitrogen and oxygen atoms in total. The minimum absolute atomic E-state index is 0.0996. The van der Waals surface area contributed by atoms with Crippen LogP contribution in [0.25, 0.3) is 0 Å². The summed E-state index contributed by atoms with van der Waals surface area (Å²) in [5.74, 6) is -0.204. The third-order valence-electron chi connectivity index (χ3n) is 4.68. The fraction of sp³-hybridized carbons (Fsp3) is 0.500. The first-order chi connectivity index (χ1) is 11.3. The molecule has 1 N–H and O–H groups in total. The molecule has 2 amide bonds. The standard InChI is InChI=1S/C16H21N3O4S/c1-13(20)18-7-8-19(12-16(11-18)9-15(21)17-10-16)24(22,23)14-5-3-2-4-6-14/h2-6H,7-12H2,1H3,(H,17,21)/t16-/m1/s1. The van der Waals surface area contributed by atoms with Crippen molar-refractivity contribution in [2.75, 3.05) is 32.7 Å². The molecule has 130 valence electrons. The number of hydrogen-bond donors (Lipinski definition) is 1. The van der Waals surface area contributed by atoms with E-state index in [0.29, 0.717) is 19.6 Å². The van der Waals surface area contributed by atoms with Crippen molar-refractivity contribution in [1.29, 1.82) is 0 Å². The largest absolute Gasteiger partial charge is 0.355 e. The second-order valence-corrected chi connectivity index (χ2v) is 8.48. The van der Waals surface area contributed by atoms with Crippen molar-refractivity contribution in [2.24, 2.45) is 5.41 Å². The summed E-state index contributed by atoms with van der Waals surface area (Å²) in [5, 5.41) is 2.78. The van der Waals surface area contributed by atoms with Crippen molar-refractivity contribution in [3.8, 4) is 0 Å². The number of hydrogen-bond acceptors (Lipinski definition) is 4. The van der Waals surface area contributed by atoms with Gasteiger partial charge in [0.15, 0.2) is 0 Å². The molecule has 2 fully saturated rings. The summed E-state index contributed by atoms with van der Waals surface area (Å²) in [4.78, 5) is 25.5. The quantitative estimate of drug-likeness (QED) is 0.815. The molecule has 2 aliphatic heterocycles. The molecule has 1 aromatic rings. The van der Waals surface area contributed by atoms with Crippen molar-refractivity contribution >= 4 is 21.8 Å². The lowest BCUT2D eigenvalue weighted by atomic mass is 9.86. The van der Waals surface area contributed by atoms with Crippen LogP contribution < -0.4 is 5.32 Å². The number of nitrogens with zero attached hydrogens (tertiary/aromatic N) is 2. The van der Waals surface area contributed by atoms with Gasteiger partial charge in [-0.1, -0.05) is 18.2 Å². The van der Waals surface area contributed by atoms with Gasteiger partial charge in [-0.15, -0.1) is 0 Å². The zero-order valence-electron chi connectivity index (χ0n) is 13.6. The number of carbonyl (C=O) groups is 2. The summed E-state index contributed by atoms with van der Waals surface area (Å²) < 4.78 is 27.3. The fourth-order valence-electron chi connectivity index (χ4n) is 3.41. The third kappa shape index (κ3) is 3.16. The molecule has 2 saturated heterocycles. The van der Waals surface area contributed by atoms with E-state index in [1.165, 1.54) is 11.2 Å². The van der Waals surface area contributed by atoms with Crippen molar-refractivity contribution in [1.82, 2.24) is 14.5 Å². The van der Waals surface area contributed by atoms with Crippen LogP contribution in [0.15, 0.2) is 35.2 Å². The van der Waals surface area contributed by atoms with Gasteiger partial charge in [-0.3, -0.25) is 9.59 Å². The van der Waals surface area contributed by atoms with Gasteiger partial charge in [0, 0.05) is 51.5 Å². The summed E-state index contributed by atoms with van der Waals surface area (Å²) in [6, 6.07) is 8.26. The van der Waals surface area contributed by atoms with Gasteiger partial charge in [-0.05, 0) is 12.1 Å². The number of nitrogens with one attached hydrogen (secondary N) is 1. The van der Waals surface area contributed by atoms with Gasteiger partial charge in [-0.2, -0.15) is 4.31 Å². The van der Waals surface area contributed by atoms with Gasteiger partial charge < -0.3 is 10.2 Å². The first-order valence-electron chi connectivity index (χ1n) is 7.90. The zero-order valence-corrected chi connectivity index (χ0v) is 14.4. The van der Waals surface area contributed by atoms with Crippen LogP contribution in [0.2, 0.25) is 0 Å².